The number of benzene rings is 1. The number of anilines is 1. The number of H-pyrrole nitrogens is 1. The number of carbonyl (C=O) groups excluding carboxylic acids is 1. The van der Waals surface area contributed by atoms with Gasteiger partial charge >= 0.3 is 5.69 Å². The Bertz CT molecular complexity index is 726. The number of aromatic amines is 1. The number of nitrogens with one attached hydrogen (secondary N) is 2. The van der Waals surface area contributed by atoms with E-state index in [1.807, 2.05) is 45.9 Å². The predicted molar refractivity (Wildman–Crippen MR) is 83.7 cm³/mol. The van der Waals surface area contributed by atoms with Gasteiger partial charge in [0.1, 0.15) is 0 Å². The van der Waals surface area contributed by atoms with Crippen LogP contribution in [0.4, 0.5) is 5.69 Å². The van der Waals surface area contributed by atoms with E-state index in [9.17, 15) is 9.59 Å². The minimum absolute atomic E-state index is 0.0890. The average Bonchev–Trinajstić information content (AvgIpc) is 2.67. The highest BCUT2D eigenvalue weighted by Crippen LogP contribution is 2.18. The number of aromatic nitrogens is 2. The van der Waals surface area contributed by atoms with Crippen molar-refractivity contribution in [2.45, 2.75) is 40.7 Å². The summed E-state index contributed by atoms with van der Waals surface area (Å²) < 4.78 is 1.60. The van der Waals surface area contributed by atoms with Crippen LogP contribution in [0.15, 0.2) is 23.0 Å². The first kappa shape index (κ1) is 15.1. The molecule has 0 spiro atoms. The van der Waals surface area contributed by atoms with E-state index in [0.29, 0.717) is 6.54 Å². The predicted octanol–water partition coefficient (Wildman–Crippen LogP) is 2.44. The van der Waals surface area contributed by atoms with Crippen molar-refractivity contribution in [1.29, 1.82) is 0 Å². The molecule has 0 bridgehead atoms. The Kier molecular flexibility index (Phi) is 4.31. The zero-order valence-corrected chi connectivity index (χ0v) is 12.9. The molecule has 1 amide bonds. The quantitative estimate of drug-likeness (QED) is 0.907. The highest BCUT2D eigenvalue weighted by molar-refractivity contribution is 5.91. The molecule has 21 heavy (non-hydrogen) atoms. The monoisotopic (exact) mass is 287 g/mol. The van der Waals surface area contributed by atoms with Crippen LogP contribution in [-0.2, 0) is 11.3 Å². The van der Waals surface area contributed by atoms with Crippen molar-refractivity contribution in [1.82, 2.24) is 9.55 Å². The van der Waals surface area contributed by atoms with E-state index < -0.39 is 0 Å². The number of amides is 1. The van der Waals surface area contributed by atoms with Crippen LogP contribution < -0.4 is 11.0 Å². The third kappa shape index (κ3) is 3.24. The van der Waals surface area contributed by atoms with E-state index in [-0.39, 0.29) is 18.0 Å². The van der Waals surface area contributed by atoms with E-state index in [0.717, 1.165) is 28.2 Å². The average molecular weight is 287 g/mol. The third-order valence-corrected chi connectivity index (χ3v) is 3.93. The maximum Gasteiger partial charge on any atom is 0.325 e. The number of hydrogen-bond donors (Lipinski definition) is 2. The number of nitrogens with zero attached hydrogens (tertiary/aromatic N) is 1. The van der Waals surface area contributed by atoms with Gasteiger partial charge in [0.15, 0.2) is 0 Å². The fourth-order valence-corrected chi connectivity index (χ4v) is 2.25. The minimum atomic E-state index is -0.162. The van der Waals surface area contributed by atoms with Gasteiger partial charge in [0.2, 0.25) is 5.91 Å². The molecule has 5 heteroatoms. The van der Waals surface area contributed by atoms with Crippen LogP contribution in [0, 0.1) is 27.7 Å². The number of imidazole rings is 1. The summed E-state index contributed by atoms with van der Waals surface area (Å²) in [5.74, 6) is -0.0890. The van der Waals surface area contributed by atoms with Crippen LogP contribution in [0.25, 0.3) is 0 Å². The van der Waals surface area contributed by atoms with Crippen molar-refractivity contribution < 1.29 is 4.79 Å². The van der Waals surface area contributed by atoms with Gasteiger partial charge in [-0.15, -0.1) is 0 Å². The molecule has 1 aromatic heterocycles. The van der Waals surface area contributed by atoms with Gasteiger partial charge in [-0.3, -0.25) is 9.36 Å². The van der Waals surface area contributed by atoms with Crippen molar-refractivity contribution in [3.63, 3.8) is 0 Å². The summed E-state index contributed by atoms with van der Waals surface area (Å²) in [6, 6.07) is 5.82. The van der Waals surface area contributed by atoms with Gasteiger partial charge in [0.05, 0.1) is 0 Å². The van der Waals surface area contributed by atoms with Crippen molar-refractivity contribution in [2.24, 2.45) is 0 Å². The molecule has 0 aliphatic carbocycles. The minimum Gasteiger partial charge on any atom is -0.326 e. The lowest BCUT2D eigenvalue weighted by Crippen LogP contribution is -2.22. The summed E-state index contributed by atoms with van der Waals surface area (Å²) in [7, 11) is 0. The molecule has 0 saturated heterocycles. The first-order valence-corrected chi connectivity index (χ1v) is 7.02. The molecule has 0 aliphatic heterocycles. The third-order valence-electron chi connectivity index (χ3n) is 3.93. The van der Waals surface area contributed by atoms with Gasteiger partial charge in [-0.2, -0.15) is 0 Å². The summed E-state index contributed by atoms with van der Waals surface area (Å²) in [6.45, 7) is 8.09. The molecular formula is C16H21N3O2. The Labute approximate surface area is 124 Å². The van der Waals surface area contributed by atoms with Crippen LogP contribution in [0.5, 0.6) is 0 Å². The summed E-state index contributed by atoms with van der Waals surface area (Å²) >= 11 is 0. The molecule has 2 rings (SSSR count). The zero-order valence-electron chi connectivity index (χ0n) is 12.9. The normalized spacial score (nSPS) is 10.7. The fraction of sp³-hybridized carbons (Fsp3) is 0.375. The van der Waals surface area contributed by atoms with E-state index in [2.05, 4.69) is 10.3 Å². The zero-order chi connectivity index (χ0) is 15.6. The van der Waals surface area contributed by atoms with Crippen LogP contribution in [0.2, 0.25) is 0 Å². The fourth-order valence-electron chi connectivity index (χ4n) is 2.25. The molecular weight excluding hydrogens is 266 g/mol. The van der Waals surface area contributed by atoms with Gasteiger partial charge in [0, 0.05) is 30.0 Å². The van der Waals surface area contributed by atoms with Crippen LogP contribution in [0.1, 0.15) is 28.9 Å². The Hall–Kier alpha value is -2.30. The van der Waals surface area contributed by atoms with Gasteiger partial charge in [0.25, 0.3) is 0 Å². The molecule has 112 valence electrons. The number of aryl methyl sites for hydroxylation is 2. The Morgan fingerprint density at radius 1 is 1.24 bits per heavy atom. The van der Waals surface area contributed by atoms with Crippen molar-refractivity contribution in [3.05, 3.63) is 51.2 Å². The van der Waals surface area contributed by atoms with Gasteiger partial charge in [-0.05, 0) is 44.9 Å². The molecule has 0 unspecified atom stereocenters. The van der Waals surface area contributed by atoms with Crippen LogP contribution in [0.3, 0.4) is 0 Å². The molecule has 2 aromatic rings. The lowest BCUT2D eigenvalue weighted by molar-refractivity contribution is -0.116. The van der Waals surface area contributed by atoms with Crippen molar-refractivity contribution in [3.8, 4) is 0 Å². The molecule has 0 fully saturated rings. The van der Waals surface area contributed by atoms with Gasteiger partial charge in [-0.25, -0.2) is 4.79 Å². The SMILES string of the molecule is Cc1cccc(NC(=O)CCn2c(C)c(C)[nH]c2=O)c1C. The first-order chi connectivity index (χ1) is 9.90. The summed E-state index contributed by atoms with van der Waals surface area (Å²) in [4.78, 5) is 26.5. The smallest absolute Gasteiger partial charge is 0.325 e. The molecule has 0 radical (unpaired) electrons. The van der Waals surface area contributed by atoms with E-state index in [1.54, 1.807) is 4.57 Å². The summed E-state index contributed by atoms with van der Waals surface area (Å²) in [6.07, 6.45) is 0.269. The maximum atomic E-state index is 12.0. The lowest BCUT2D eigenvalue weighted by atomic mass is 10.1. The Balaban J connectivity index is 2.03. The Morgan fingerprint density at radius 3 is 2.57 bits per heavy atom. The molecule has 1 aromatic carbocycles. The first-order valence-electron chi connectivity index (χ1n) is 7.02. The second kappa shape index (κ2) is 5.99. The highest BCUT2D eigenvalue weighted by Gasteiger charge is 2.10. The molecule has 5 nitrogen and oxygen atoms in total. The Morgan fingerprint density at radius 2 is 1.95 bits per heavy atom. The molecule has 0 saturated carbocycles. The highest BCUT2D eigenvalue weighted by atomic mass is 16.2. The summed E-state index contributed by atoms with van der Waals surface area (Å²) in [5, 5.41) is 2.90. The second-order valence-corrected chi connectivity index (χ2v) is 5.34. The largest absolute Gasteiger partial charge is 0.326 e. The molecule has 2 N–H and O–H groups in total. The standard InChI is InChI=1S/C16H21N3O2/c1-10-6-5-7-14(11(10)2)18-15(20)8-9-19-13(4)12(3)17-16(19)21/h5-7H,8-9H2,1-4H3,(H,17,21)(H,18,20). The number of carbonyl (C=O) groups is 1. The molecule has 1 heterocycles. The van der Waals surface area contributed by atoms with Gasteiger partial charge in [-0.1, -0.05) is 12.1 Å². The molecule has 0 aliphatic rings. The van der Waals surface area contributed by atoms with E-state index >= 15 is 0 Å². The van der Waals surface area contributed by atoms with Crippen molar-refractivity contribution >= 4 is 11.6 Å². The number of hydrogen-bond acceptors (Lipinski definition) is 2. The maximum absolute atomic E-state index is 12.0. The summed E-state index contributed by atoms with van der Waals surface area (Å²) in [5.41, 5.74) is 4.59. The van der Waals surface area contributed by atoms with E-state index in [1.165, 1.54) is 0 Å². The van der Waals surface area contributed by atoms with Crippen LogP contribution >= 0.6 is 0 Å². The second-order valence-electron chi connectivity index (χ2n) is 5.34. The van der Waals surface area contributed by atoms with E-state index in [4.69, 9.17) is 0 Å². The van der Waals surface area contributed by atoms with Crippen LogP contribution in [-0.4, -0.2) is 15.5 Å². The number of rotatable bonds is 4. The topological polar surface area (TPSA) is 66.9 Å². The molecule has 0 atom stereocenters. The lowest BCUT2D eigenvalue weighted by Gasteiger charge is -2.10. The van der Waals surface area contributed by atoms with Crippen molar-refractivity contribution in [2.75, 3.05) is 5.32 Å². The van der Waals surface area contributed by atoms with Gasteiger partial charge < -0.3 is 10.3 Å².